The lowest BCUT2D eigenvalue weighted by molar-refractivity contribution is -0.135. The summed E-state index contributed by atoms with van der Waals surface area (Å²) >= 11 is 0. The van der Waals surface area contributed by atoms with Gasteiger partial charge in [-0.1, -0.05) is 43.3 Å². The van der Waals surface area contributed by atoms with Gasteiger partial charge >= 0.3 is 0 Å². The van der Waals surface area contributed by atoms with Crippen molar-refractivity contribution < 1.29 is 14.4 Å². The minimum Gasteiger partial charge on any atom is -0.352 e. The number of rotatable bonds is 6. The van der Waals surface area contributed by atoms with Crippen LogP contribution >= 0.6 is 9.24 Å². The van der Waals surface area contributed by atoms with Gasteiger partial charge in [0.05, 0.1) is 17.3 Å². The molecule has 0 spiro atoms. The molecule has 1 fully saturated rings. The number of fused-ring (bicyclic) bond motifs is 1. The molecule has 3 aromatic rings. The molecule has 3 unspecified atom stereocenters. The zero-order valence-corrected chi connectivity index (χ0v) is 21.2. The Kier molecular flexibility index (Phi) is 6.90. The Hall–Kier alpha value is -3.32. The normalized spacial score (nSPS) is 17.6. The highest BCUT2D eigenvalue weighted by molar-refractivity contribution is 7.21. The third kappa shape index (κ3) is 5.35. The molecule has 1 saturated heterocycles. The first-order chi connectivity index (χ1) is 16.5. The highest BCUT2D eigenvalue weighted by atomic mass is 31.0. The van der Waals surface area contributed by atoms with Crippen LogP contribution in [0.1, 0.15) is 48.3 Å². The Bertz CT molecular complexity index is 1380. The van der Waals surface area contributed by atoms with E-state index in [0.717, 1.165) is 11.1 Å². The molecule has 10 heteroatoms. The van der Waals surface area contributed by atoms with Crippen LogP contribution in [-0.4, -0.2) is 35.1 Å². The number of amides is 3. The first-order valence-electron chi connectivity index (χ1n) is 11.5. The molecule has 1 aliphatic rings. The number of nitrogens with one attached hydrogen (secondary N) is 2. The van der Waals surface area contributed by atoms with E-state index in [1.54, 1.807) is 25.1 Å². The minimum atomic E-state index is -0.797. The fourth-order valence-electron chi connectivity index (χ4n) is 4.36. The van der Waals surface area contributed by atoms with Gasteiger partial charge in [0.2, 0.25) is 17.7 Å². The second-order valence-corrected chi connectivity index (χ2v) is 10.9. The van der Waals surface area contributed by atoms with Crippen molar-refractivity contribution in [2.45, 2.75) is 50.8 Å². The molecular formula is C25H28BN4O4P. The maximum Gasteiger partial charge on any atom is 0.262 e. The van der Waals surface area contributed by atoms with Crippen molar-refractivity contribution in [1.82, 2.24) is 20.2 Å². The average Bonchev–Trinajstić information content (AvgIpc) is 2.78. The fourth-order valence-corrected chi connectivity index (χ4v) is 4.55. The van der Waals surface area contributed by atoms with Crippen LogP contribution in [0.5, 0.6) is 0 Å². The quantitative estimate of drug-likeness (QED) is 0.307. The summed E-state index contributed by atoms with van der Waals surface area (Å²) in [5.41, 5.74) is 2.82. The lowest BCUT2D eigenvalue weighted by Crippen LogP contribution is -2.45. The highest BCUT2D eigenvalue weighted by Crippen LogP contribution is 2.27. The number of carbonyl (C=O) groups excluding carboxylic acids is 3. The Labute approximate surface area is 206 Å². The Balaban J connectivity index is 1.56. The van der Waals surface area contributed by atoms with E-state index in [1.807, 2.05) is 24.3 Å². The molecule has 0 saturated carbocycles. The number of nitrogens with zero attached hydrogens (tertiary/aromatic N) is 2. The molecule has 2 N–H and O–H groups in total. The molecule has 180 valence electrons. The second kappa shape index (κ2) is 9.74. The van der Waals surface area contributed by atoms with E-state index in [1.165, 1.54) is 4.57 Å². The van der Waals surface area contributed by atoms with Crippen molar-refractivity contribution in [3.05, 3.63) is 75.3 Å². The monoisotopic (exact) mass is 490 g/mol. The molecule has 3 atom stereocenters. The van der Waals surface area contributed by atoms with Gasteiger partial charge in [-0.05, 0) is 41.2 Å². The van der Waals surface area contributed by atoms with Crippen LogP contribution in [-0.2, 0) is 32.4 Å². The number of imide groups is 1. The molecule has 8 nitrogen and oxygen atoms in total. The number of benzene rings is 2. The number of carbonyl (C=O) groups is 3. The summed E-state index contributed by atoms with van der Waals surface area (Å²) in [6.07, 6.45) is 0.623. The lowest BCUT2D eigenvalue weighted by atomic mass is 9.81. The number of aromatic nitrogens is 2. The molecule has 0 radical (unpaired) electrons. The third-order valence-electron chi connectivity index (χ3n) is 6.25. The van der Waals surface area contributed by atoms with Gasteiger partial charge in [-0.2, -0.15) is 0 Å². The maximum atomic E-state index is 13.5. The van der Waals surface area contributed by atoms with Gasteiger partial charge in [0.15, 0.2) is 0 Å². The molecule has 3 amide bonds. The number of piperidine rings is 1. The predicted octanol–water partition coefficient (Wildman–Crippen LogP) is 1.22. The topological polar surface area (TPSA) is 110 Å². The second-order valence-electron chi connectivity index (χ2n) is 9.48. The lowest BCUT2D eigenvalue weighted by Gasteiger charge is -2.24. The van der Waals surface area contributed by atoms with Gasteiger partial charge in [0.1, 0.15) is 19.7 Å². The zero-order chi connectivity index (χ0) is 25.3. The summed E-state index contributed by atoms with van der Waals surface area (Å²) in [4.78, 5) is 54.6. The first kappa shape index (κ1) is 24.8. The van der Waals surface area contributed by atoms with Gasteiger partial charge in [-0.3, -0.25) is 29.1 Å². The van der Waals surface area contributed by atoms with E-state index in [0.29, 0.717) is 22.3 Å². The van der Waals surface area contributed by atoms with Gasteiger partial charge in [0, 0.05) is 13.0 Å². The molecule has 2 heterocycles. The van der Waals surface area contributed by atoms with Crippen molar-refractivity contribution >= 4 is 45.7 Å². The summed E-state index contributed by atoms with van der Waals surface area (Å²) in [5.74, 6) is -0.615. The summed E-state index contributed by atoms with van der Waals surface area (Å²) < 4.78 is 1.35. The summed E-state index contributed by atoms with van der Waals surface area (Å²) in [6, 6.07) is 12.4. The molecule has 4 rings (SSSR count). The van der Waals surface area contributed by atoms with Crippen LogP contribution in [0.25, 0.3) is 10.9 Å². The SMILES string of the molecule is BC(C)(P)c1ccc(CC(=O)NCc2cccc3nc(C)n(C4CCC(=O)NC4=O)c(=O)c23)cc1. The van der Waals surface area contributed by atoms with Crippen LogP contribution in [0.15, 0.2) is 47.3 Å². The smallest absolute Gasteiger partial charge is 0.262 e. The van der Waals surface area contributed by atoms with Crippen LogP contribution in [0.4, 0.5) is 0 Å². The molecular weight excluding hydrogens is 462 g/mol. The van der Waals surface area contributed by atoms with Crippen molar-refractivity contribution in [2.75, 3.05) is 0 Å². The van der Waals surface area contributed by atoms with Crippen molar-refractivity contribution in [1.29, 1.82) is 0 Å². The molecule has 1 aliphatic heterocycles. The van der Waals surface area contributed by atoms with Gasteiger partial charge in [0.25, 0.3) is 5.56 Å². The van der Waals surface area contributed by atoms with Crippen LogP contribution in [0.2, 0.25) is 0 Å². The van der Waals surface area contributed by atoms with Crippen molar-refractivity contribution in [2.24, 2.45) is 0 Å². The average molecular weight is 490 g/mol. The molecule has 1 aromatic heterocycles. The Morgan fingerprint density at radius 1 is 1.23 bits per heavy atom. The van der Waals surface area contributed by atoms with Crippen LogP contribution < -0.4 is 16.2 Å². The van der Waals surface area contributed by atoms with Crippen molar-refractivity contribution in [3.8, 4) is 0 Å². The summed E-state index contributed by atoms with van der Waals surface area (Å²) in [6.45, 7) is 3.93. The van der Waals surface area contributed by atoms with E-state index in [4.69, 9.17) is 0 Å². The standard InChI is InChI=1S/C25H28BN4O4P/c1-14-28-18-5-3-4-16(22(18)24(34)30(14)19-10-11-20(31)29-23(19)33)13-27-21(32)12-15-6-8-17(9-7-15)25(2,26)35/h3-9,19H,10-13,26,35H2,1-2H3,(H,27,32)(H,29,31,33). The third-order valence-corrected chi connectivity index (χ3v) is 6.59. The largest absolute Gasteiger partial charge is 0.352 e. The number of hydrogen-bond acceptors (Lipinski definition) is 5. The highest BCUT2D eigenvalue weighted by Gasteiger charge is 2.30. The summed E-state index contributed by atoms with van der Waals surface area (Å²) in [7, 11) is 4.91. The van der Waals surface area contributed by atoms with Crippen LogP contribution in [0.3, 0.4) is 0 Å². The molecule has 0 aliphatic carbocycles. The molecule has 35 heavy (non-hydrogen) atoms. The molecule has 2 aromatic carbocycles. The van der Waals surface area contributed by atoms with E-state index >= 15 is 0 Å². The zero-order valence-electron chi connectivity index (χ0n) is 20.1. The maximum absolute atomic E-state index is 13.5. The van der Waals surface area contributed by atoms with Gasteiger partial charge in [-0.15, -0.1) is 9.24 Å². The number of hydrogen-bond donors (Lipinski definition) is 2. The molecule has 0 bridgehead atoms. The van der Waals surface area contributed by atoms with Gasteiger partial charge in [-0.25, -0.2) is 4.98 Å². The first-order valence-corrected chi connectivity index (χ1v) is 12.1. The fraction of sp³-hybridized carbons (Fsp3) is 0.320. The predicted molar refractivity (Wildman–Crippen MR) is 140 cm³/mol. The van der Waals surface area contributed by atoms with Gasteiger partial charge < -0.3 is 5.32 Å². The number of aryl methyl sites for hydroxylation is 1. The Morgan fingerprint density at radius 3 is 2.60 bits per heavy atom. The Morgan fingerprint density at radius 2 is 1.94 bits per heavy atom. The van der Waals surface area contributed by atoms with E-state index in [2.05, 4.69) is 39.6 Å². The van der Waals surface area contributed by atoms with E-state index in [9.17, 15) is 19.2 Å². The summed E-state index contributed by atoms with van der Waals surface area (Å²) in [5, 5.41) is 5.51. The van der Waals surface area contributed by atoms with E-state index in [-0.39, 0.29) is 48.2 Å². The van der Waals surface area contributed by atoms with Crippen LogP contribution in [0, 0.1) is 6.92 Å². The van der Waals surface area contributed by atoms with E-state index < -0.39 is 11.9 Å². The van der Waals surface area contributed by atoms with Crippen molar-refractivity contribution in [3.63, 3.8) is 0 Å². The minimum absolute atomic E-state index is 0.0394.